The van der Waals surface area contributed by atoms with E-state index in [2.05, 4.69) is 10.0 Å². The molecule has 0 aliphatic carbocycles. The summed E-state index contributed by atoms with van der Waals surface area (Å²) in [6, 6.07) is 11.9. The zero-order valence-electron chi connectivity index (χ0n) is 15.8. The number of benzene rings is 2. The van der Waals surface area contributed by atoms with Gasteiger partial charge in [-0.3, -0.25) is 9.52 Å². The van der Waals surface area contributed by atoms with Crippen LogP contribution in [-0.2, 0) is 10.0 Å². The first-order chi connectivity index (χ1) is 12.1. The Bertz CT molecular complexity index is 905. The topological polar surface area (TPSA) is 75.3 Å². The summed E-state index contributed by atoms with van der Waals surface area (Å²) in [6.07, 6.45) is 0. The minimum Gasteiger partial charge on any atom is -0.349 e. The number of anilines is 1. The highest BCUT2D eigenvalue weighted by molar-refractivity contribution is 7.92. The molecule has 0 aliphatic heterocycles. The second-order valence-electron chi connectivity index (χ2n) is 6.91. The molecule has 0 aliphatic rings. The number of amides is 1. The Balaban J connectivity index is 2.34. The first-order valence-electron chi connectivity index (χ1n) is 8.62. The summed E-state index contributed by atoms with van der Waals surface area (Å²) < 4.78 is 28.3. The van der Waals surface area contributed by atoms with Gasteiger partial charge in [0.15, 0.2) is 0 Å². The number of para-hydroxylation sites is 1. The first kappa shape index (κ1) is 20.0. The van der Waals surface area contributed by atoms with Crippen LogP contribution >= 0.6 is 0 Å². The third kappa shape index (κ3) is 4.64. The normalized spacial score (nSPS) is 12.7. The quantitative estimate of drug-likeness (QED) is 0.806. The maximum absolute atomic E-state index is 12.8. The Kier molecular flexibility index (Phi) is 6.08. The predicted octanol–water partition coefficient (Wildman–Crippen LogP) is 3.88. The molecule has 140 valence electrons. The van der Waals surface area contributed by atoms with Crippen molar-refractivity contribution in [2.45, 2.75) is 45.6 Å². The number of nitrogens with one attached hydrogen (secondary N) is 2. The van der Waals surface area contributed by atoms with E-state index in [1.54, 1.807) is 31.2 Å². The maximum Gasteiger partial charge on any atom is 0.262 e. The molecule has 0 radical (unpaired) electrons. The van der Waals surface area contributed by atoms with Crippen LogP contribution in [0.4, 0.5) is 5.69 Å². The van der Waals surface area contributed by atoms with Crippen molar-refractivity contribution >= 4 is 21.6 Å². The van der Waals surface area contributed by atoms with Crippen LogP contribution in [0.1, 0.15) is 42.3 Å². The van der Waals surface area contributed by atoms with Gasteiger partial charge in [-0.05, 0) is 56.0 Å². The van der Waals surface area contributed by atoms with Crippen LogP contribution in [0.25, 0.3) is 0 Å². The second-order valence-corrected chi connectivity index (χ2v) is 8.56. The van der Waals surface area contributed by atoms with E-state index in [4.69, 9.17) is 0 Å². The highest BCUT2D eigenvalue weighted by Crippen LogP contribution is 2.23. The molecule has 0 heterocycles. The highest BCUT2D eigenvalue weighted by atomic mass is 32.2. The van der Waals surface area contributed by atoms with Crippen LogP contribution in [0.5, 0.6) is 0 Å². The molecule has 2 aromatic carbocycles. The third-order valence-electron chi connectivity index (χ3n) is 4.49. The zero-order valence-corrected chi connectivity index (χ0v) is 16.6. The van der Waals surface area contributed by atoms with Crippen molar-refractivity contribution < 1.29 is 13.2 Å². The number of aryl methyl sites for hydroxylation is 2. The van der Waals surface area contributed by atoms with Crippen molar-refractivity contribution in [3.05, 3.63) is 59.2 Å². The fourth-order valence-electron chi connectivity index (χ4n) is 2.37. The Hall–Kier alpha value is -2.34. The minimum atomic E-state index is -3.80. The van der Waals surface area contributed by atoms with E-state index in [0.717, 1.165) is 5.56 Å². The lowest BCUT2D eigenvalue weighted by atomic mass is 10.1. The van der Waals surface area contributed by atoms with Crippen LogP contribution in [0, 0.1) is 19.8 Å². The van der Waals surface area contributed by atoms with Crippen LogP contribution < -0.4 is 10.0 Å². The molecule has 6 heteroatoms. The molecule has 1 atom stereocenters. The van der Waals surface area contributed by atoms with E-state index in [9.17, 15) is 13.2 Å². The Morgan fingerprint density at radius 3 is 2.23 bits per heavy atom. The number of hydrogen-bond acceptors (Lipinski definition) is 3. The van der Waals surface area contributed by atoms with Crippen molar-refractivity contribution in [2.75, 3.05) is 4.72 Å². The van der Waals surface area contributed by atoms with E-state index in [0.29, 0.717) is 16.8 Å². The monoisotopic (exact) mass is 374 g/mol. The van der Waals surface area contributed by atoms with Gasteiger partial charge in [0, 0.05) is 11.6 Å². The van der Waals surface area contributed by atoms with Gasteiger partial charge in [0.2, 0.25) is 0 Å². The molecule has 2 rings (SSSR count). The van der Waals surface area contributed by atoms with E-state index < -0.39 is 10.0 Å². The fourth-order valence-corrected chi connectivity index (χ4v) is 3.78. The highest BCUT2D eigenvalue weighted by Gasteiger charge is 2.21. The number of rotatable bonds is 6. The van der Waals surface area contributed by atoms with Crippen molar-refractivity contribution in [2.24, 2.45) is 5.92 Å². The fraction of sp³-hybridized carbons (Fsp3) is 0.350. The standard InChI is InChI=1S/C20H26N2O3S/c1-13(2)16(5)21-20(23)17-11-10-15(4)19(12-17)26(24,25)22-18-9-7-6-8-14(18)3/h6-13,16,22H,1-5H3,(H,21,23)/t16-/m0/s1. The van der Waals surface area contributed by atoms with Crippen molar-refractivity contribution in [3.8, 4) is 0 Å². The Labute approximate surface area is 155 Å². The summed E-state index contributed by atoms with van der Waals surface area (Å²) in [5, 5.41) is 2.90. The largest absolute Gasteiger partial charge is 0.349 e. The van der Waals surface area contributed by atoms with E-state index >= 15 is 0 Å². The van der Waals surface area contributed by atoms with Crippen molar-refractivity contribution in [3.63, 3.8) is 0 Å². The number of hydrogen-bond donors (Lipinski definition) is 2. The molecule has 0 saturated heterocycles. The van der Waals surface area contributed by atoms with Gasteiger partial charge in [-0.25, -0.2) is 8.42 Å². The van der Waals surface area contributed by atoms with Crippen molar-refractivity contribution in [1.82, 2.24) is 5.32 Å². The molecule has 0 bridgehead atoms. The van der Waals surface area contributed by atoms with E-state index in [1.807, 2.05) is 39.8 Å². The maximum atomic E-state index is 12.8. The lowest BCUT2D eigenvalue weighted by molar-refractivity contribution is 0.0930. The Morgan fingerprint density at radius 2 is 1.62 bits per heavy atom. The van der Waals surface area contributed by atoms with Gasteiger partial charge in [0.1, 0.15) is 0 Å². The molecular weight excluding hydrogens is 348 g/mol. The molecule has 0 aromatic heterocycles. The molecule has 2 aromatic rings. The SMILES string of the molecule is Cc1ccccc1NS(=O)(=O)c1cc(C(=O)N[C@@H](C)C(C)C)ccc1C. The second kappa shape index (κ2) is 7.91. The molecular formula is C20H26N2O3S. The van der Waals surface area contributed by atoms with Gasteiger partial charge in [-0.2, -0.15) is 0 Å². The first-order valence-corrected chi connectivity index (χ1v) is 10.1. The van der Waals surface area contributed by atoms with Gasteiger partial charge in [0.05, 0.1) is 10.6 Å². The smallest absolute Gasteiger partial charge is 0.262 e. The lowest BCUT2D eigenvalue weighted by Crippen LogP contribution is -2.36. The minimum absolute atomic E-state index is 0.00560. The van der Waals surface area contributed by atoms with Crippen LogP contribution in [0.3, 0.4) is 0 Å². The van der Waals surface area contributed by atoms with E-state index in [-0.39, 0.29) is 22.8 Å². The Morgan fingerprint density at radius 1 is 0.962 bits per heavy atom. The summed E-state index contributed by atoms with van der Waals surface area (Å²) in [6.45, 7) is 9.51. The molecule has 1 amide bonds. The third-order valence-corrected chi connectivity index (χ3v) is 6.00. The number of sulfonamides is 1. The van der Waals surface area contributed by atoms with Crippen molar-refractivity contribution in [1.29, 1.82) is 0 Å². The number of carbonyl (C=O) groups excluding carboxylic acids is 1. The molecule has 0 fully saturated rings. The van der Waals surface area contributed by atoms with Gasteiger partial charge in [-0.15, -0.1) is 0 Å². The molecule has 5 nitrogen and oxygen atoms in total. The predicted molar refractivity (Wildman–Crippen MR) is 105 cm³/mol. The molecule has 0 saturated carbocycles. The molecule has 0 unspecified atom stereocenters. The summed E-state index contributed by atoms with van der Waals surface area (Å²) in [4.78, 5) is 12.5. The van der Waals surface area contributed by atoms with Crippen LogP contribution in [0.15, 0.2) is 47.4 Å². The summed E-state index contributed by atoms with van der Waals surface area (Å²) in [5.74, 6) is 0.00821. The summed E-state index contributed by atoms with van der Waals surface area (Å²) >= 11 is 0. The van der Waals surface area contributed by atoms with Gasteiger partial charge in [0.25, 0.3) is 15.9 Å². The van der Waals surface area contributed by atoms with E-state index in [1.165, 1.54) is 6.07 Å². The molecule has 26 heavy (non-hydrogen) atoms. The van der Waals surface area contributed by atoms with Crippen LogP contribution in [-0.4, -0.2) is 20.4 Å². The zero-order chi connectivity index (χ0) is 19.5. The average Bonchev–Trinajstić information content (AvgIpc) is 2.56. The summed E-state index contributed by atoms with van der Waals surface area (Å²) in [5.41, 5.74) is 2.26. The summed E-state index contributed by atoms with van der Waals surface area (Å²) in [7, 11) is -3.80. The molecule has 2 N–H and O–H groups in total. The van der Waals surface area contributed by atoms with Crippen LogP contribution in [0.2, 0.25) is 0 Å². The molecule has 0 spiro atoms. The van der Waals surface area contributed by atoms with Gasteiger partial charge in [-0.1, -0.05) is 38.1 Å². The van der Waals surface area contributed by atoms with Gasteiger partial charge < -0.3 is 5.32 Å². The van der Waals surface area contributed by atoms with Gasteiger partial charge >= 0.3 is 0 Å². The average molecular weight is 375 g/mol. The number of carbonyl (C=O) groups is 1. The lowest BCUT2D eigenvalue weighted by Gasteiger charge is -2.18.